The van der Waals surface area contributed by atoms with Gasteiger partial charge in [0.05, 0.1) is 6.07 Å². The smallest absolute Gasteiger partial charge is 0.121 e. The Morgan fingerprint density at radius 1 is 1.22 bits per heavy atom. The number of nitriles is 1. The highest BCUT2D eigenvalue weighted by molar-refractivity contribution is 5.31. The summed E-state index contributed by atoms with van der Waals surface area (Å²) in [6.07, 6.45) is 1.03. The number of rotatable bonds is 4. The van der Waals surface area contributed by atoms with Gasteiger partial charge in [-0.1, -0.05) is 52.0 Å². The van der Waals surface area contributed by atoms with Gasteiger partial charge in [0.25, 0.3) is 0 Å². The first kappa shape index (κ1) is 14.7. The first-order valence-electron chi connectivity index (χ1n) is 6.64. The van der Waals surface area contributed by atoms with Gasteiger partial charge in [-0.15, -0.1) is 0 Å². The van der Waals surface area contributed by atoms with Crippen molar-refractivity contribution in [3.63, 3.8) is 0 Å². The van der Waals surface area contributed by atoms with E-state index >= 15 is 0 Å². The quantitative estimate of drug-likeness (QED) is 0.871. The van der Waals surface area contributed by atoms with Gasteiger partial charge in [0, 0.05) is 6.04 Å². The van der Waals surface area contributed by atoms with Crippen LogP contribution in [0.15, 0.2) is 24.3 Å². The summed E-state index contributed by atoms with van der Waals surface area (Å²) >= 11 is 0. The van der Waals surface area contributed by atoms with E-state index in [1.54, 1.807) is 0 Å². The van der Waals surface area contributed by atoms with Crippen molar-refractivity contribution in [2.24, 2.45) is 0 Å². The zero-order valence-electron chi connectivity index (χ0n) is 12.1. The summed E-state index contributed by atoms with van der Waals surface area (Å²) < 4.78 is 0. The lowest BCUT2D eigenvalue weighted by molar-refractivity contribution is 0.501. The maximum Gasteiger partial charge on any atom is 0.121 e. The lowest BCUT2D eigenvalue weighted by Gasteiger charge is -2.21. The topological polar surface area (TPSA) is 35.8 Å². The fourth-order valence-electron chi connectivity index (χ4n) is 1.79. The molecule has 0 saturated carbocycles. The van der Waals surface area contributed by atoms with Gasteiger partial charge in [-0.3, -0.25) is 5.32 Å². The minimum Gasteiger partial charge on any atom is -0.296 e. The third kappa shape index (κ3) is 3.85. The molecule has 0 aliphatic rings. The molecule has 1 N–H and O–H groups in total. The summed E-state index contributed by atoms with van der Waals surface area (Å²) in [7, 11) is 0. The lowest BCUT2D eigenvalue weighted by Crippen LogP contribution is -2.29. The third-order valence-electron chi connectivity index (χ3n) is 3.30. The largest absolute Gasteiger partial charge is 0.296 e. The highest BCUT2D eigenvalue weighted by atomic mass is 14.9. The fraction of sp³-hybridized carbons (Fsp3) is 0.562. The van der Waals surface area contributed by atoms with Crippen LogP contribution in [0.1, 0.15) is 58.2 Å². The molecule has 0 fully saturated rings. The van der Waals surface area contributed by atoms with Gasteiger partial charge < -0.3 is 0 Å². The van der Waals surface area contributed by atoms with E-state index in [1.807, 2.05) is 0 Å². The van der Waals surface area contributed by atoms with Crippen LogP contribution in [0.2, 0.25) is 0 Å². The maximum atomic E-state index is 9.24. The molecule has 1 aromatic rings. The summed E-state index contributed by atoms with van der Waals surface area (Å²) in [6.45, 7) is 10.8. The number of nitrogens with one attached hydrogen (secondary N) is 1. The van der Waals surface area contributed by atoms with Gasteiger partial charge >= 0.3 is 0 Å². The highest BCUT2D eigenvalue weighted by Crippen LogP contribution is 2.24. The van der Waals surface area contributed by atoms with E-state index in [-0.39, 0.29) is 11.5 Å². The van der Waals surface area contributed by atoms with Gasteiger partial charge in [-0.05, 0) is 29.9 Å². The van der Waals surface area contributed by atoms with Crippen molar-refractivity contribution in [2.45, 2.75) is 58.5 Å². The average molecular weight is 244 g/mol. The monoisotopic (exact) mass is 244 g/mol. The Labute approximate surface area is 111 Å². The van der Waals surface area contributed by atoms with E-state index in [1.165, 1.54) is 5.56 Å². The van der Waals surface area contributed by atoms with Crippen molar-refractivity contribution < 1.29 is 0 Å². The van der Waals surface area contributed by atoms with Gasteiger partial charge in [0.1, 0.15) is 6.04 Å². The number of nitrogens with zero attached hydrogens (tertiary/aromatic N) is 1. The molecule has 2 nitrogen and oxygen atoms in total. The zero-order chi connectivity index (χ0) is 13.8. The SMILES string of the molecule is CCC(C)NC(C#N)c1ccc(C(C)(C)C)cc1. The van der Waals surface area contributed by atoms with E-state index in [0.717, 1.165) is 12.0 Å². The number of hydrogen-bond acceptors (Lipinski definition) is 2. The second kappa shape index (κ2) is 6.02. The van der Waals surface area contributed by atoms with Crippen LogP contribution >= 0.6 is 0 Å². The summed E-state index contributed by atoms with van der Waals surface area (Å²) in [5, 5.41) is 12.6. The Morgan fingerprint density at radius 3 is 2.17 bits per heavy atom. The van der Waals surface area contributed by atoms with Crippen LogP contribution < -0.4 is 5.32 Å². The van der Waals surface area contributed by atoms with Crippen LogP contribution in [0.25, 0.3) is 0 Å². The van der Waals surface area contributed by atoms with E-state index < -0.39 is 0 Å². The predicted octanol–water partition coefficient (Wildman–Crippen LogP) is 3.94. The van der Waals surface area contributed by atoms with Gasteiger partial charge in [-0.25, -0.2) is 0 Å². The Bertz CT molecular complexity index is 406. The van der Waals surface area contributed by atoms with Crippen LogP contribution in [-0.2, 0) is 5.41 Å². The van der Waals surface area contributed by atoms with Gasteiger partial charge in [-0.2, -0.15) is 5.26 Å². The fourth-order valence-corrected chi connectivity index (χ4v) is 1.79. The molecule has 0 heterocycles. The molecule has 98 valence electrons. The Balaban J connectivity index is 2.86. The molecule has 18 heavy (non-hydrogen) atoms. The first-order chi connectivity index (χ1) is 8.38. The molecular formula is C16H24N2. The molecule has 0 aromatic heterocycles. The molecule has 0 bridgehead atoms. The molecule has 1 rings (SSSR count). The van der Waals surface area contributed by atoms with E-state index in [2.05, 4.69) is 70.3 Å². The van der Waals surface area contributed by atoms with Crippen LogP contribution in [0.5, 0.6) is 0 Å². The van der Waals surface area contributed by atoms with Crippen molar-refractivity contribution in [2.75, 3.05) is 0 Å². The molecule has 2 atom stereocenters. The average Bonchev–Trinajstić information content (AvgIpc) is 2.34. The van der Waals surface area contributed by atoms with Crippen LogP contribution in [-0.4, -0.2) is 6.04 Å². The highest BCUT2D eigenvalue weighted by Gasteiger charge is 2.16. The molecule has 2 heteroatoms. The molecule has 0 saturated heterocycles. The van der Waals surface area contributed by atoms with Crippen molar-refractivity contribution >= 4 is 0 Å². The Hall–Kier alpha value is -1.33. The molecule has 0 spiro atoms. The molecule has 1 aromatic carbocycles. The number of hydrogen-bond donors (Lipinski definition) is 1. The minimum absolute atomic E-state index is 0.158. The van der Waals surface area contributed by atoms with Crippen LogP contribution in [0.4, 0.5) is 0 Å². The minimum atomic E-state index is -0.214. The molecule has 0 radical (unpaired) electrons. The second-order valence-electron chi connectivity index (χ2n) is 5.91. The summed E-state index contributed by atoms with van der Waals surface area (Å²) in [5.41, 5.74) is 2.50. The Morgan fingerprint density at radius 2 is 1.78 bits per heavy atom. The van der Waals surface area contributed by atoms with E-state index in [0.29, 0.717) is 6.04 Å². The summed E-state index contributed by atoms with van der Waals surface area (Å²) in [5.74, 6) is 0. The molecule has 0 aliphatic carbocycles. The zero-order valence-corrected chi connectivity index (χ0v) is 12.1. The van der Waals surface area contributed by atoms with E-state index in [4.69, 9.17) is 0 Å². The third-order valence-corrected chi connectivity index (χ3v) is 3.30. The van der Waals surface area contributed by atoms with Crippen molar-refractivity contribution in [3.05, 3.63) is 35.4 Å². The molecule has 0 aliphatic heterocycles. The maximum absolute atomic E-state index is 9.24. The lowest BCUT2D eigenvalue weighted by atomic mass is 9.86. The molecular weight excluding hydrogens is 220 g/mol. The normalized spacial score (nSPS) is 14.9. The van der Waals surface area contributed by atoms with Crippen molar-refractivity contribution in [1.29, 1.82) is 5.26 Å². The predicted molar refractivity (Wildman–Crippen MR) is 76.4 cm³/mol. The first-order valence-corrected chi connectivity index (χ1v) is 6.64. The van der Waals surface area contributed by atoms with Crippen LogP contribution in [0, 0.1) is 11.3 Å². The van der Waals surface area contributed by atoms with Gasteiger partial charge in [0.15, 0.2) is 0 Å². The van der Waals surface area contributed by atoms with Crippen molar-refractivity contribution in [3.8, 4) is 6.07 Å². The standard InChI is InChI=1S/C16H24N2/c1-6-12(2)18-15(11-17)13-7-9-14(10-8-13)16(3,4)5/h7-10,12,15,18H,6H2,1-5H3. The molecule has 0 amide bonds. The van der Waals surface area contributed by atoms with Crippen molar-refractivity contribution in [1.82, 2.24) is 5.32 Å². The summed E-state index contributed by atoms with van der Waals surface area (Å²) in [6, 6.07) is 10.8. The number of benzene rings is 1. The second-order valence-corrected chi connectivity index (χ2v) is 5.91. The van der Waals surface area contributed by atoms with E-state index in [9.17, 15) is 5.26 Å². The molecule has 2 unspecified atom stereocenters. The van der Waals surface area contributed by atoms with Gasteiger partial charge in [0.2, 0.25) is 0 Å². The summed E-state index contributed by atoms with van der Waals surface area (Å²) in [4.78, 5) is 0. The van der Waals surface area contributed by atoms with Crippen LogP contribution in [0.3, 0.4) is 0 Å². The Kier molecular flexibility index (Phi) is 4.93.